The van der Waals surface area contributed by atoms with Crippen LogP contribution in [0.5, 0.6) is 0 Å². The Kier molecular flexibility index (Phi) is 9.91. The molecule has 13 heavy (non-hydrogen) atoms. The van der Waals surface area contributed by atoms with Crippen molar-refractivity contribution in [2.75, 3.05) is 13.2 Å². The summed E-state index contributed by atoms with van der Waals surface area (Å²) in [6.07, 6.45) is 0.927. The van der Waals surface area contributed by atoms with Gasteiger partial charge in [-0.3, -0.25) is 0 Å². The van der Waals surface area contributed by atoms with Crippen LogP contribution in [-0.4, -0.2) is 40.4 Å². The number of carboxylic acids is 2. The summed E-state index contributed by atoms with van der Waals surface area (Å²) in [4.78, 5) is 18.2. The fourth-order valence-electron chi connectivity index (χ4n) is 0.376. The summed E-state index contributed by atoms with van der Waals surface area (Å²) in [6, 6.07) is 0. The molecule has 1 atom stereocenters. The Balaban J connectivity index is 0. The van der Waals surface area contributed by atoms with Crippen molar-refractivity contribution in [3.63, 3.8) is 0 Å². The molecule has 0 aliphatic carbocycles. The Morgan fingerprint density at radius 2 is 1.69 bits per heavy atom. The maximum atomic E-state index is 9.10. The summed E-state index contributed by atoms with van der Waals surface area (Å²) < 4.78 is 0. The zero-order valence-corrected chi connectivity index (χ0v) is 7.43. The highest BCUT2D eigenvalue weighted by Gasteiger charge is 2.04. The number of aliphatic carboxylic acids is 2. The highest BCUT2D eigenvalue weighted by molar-refractivity contribution is 6.27. The van der Waals surface area contributed by atoms with Crippen molar-refractivity contribution in [2.45, 2.75) is 13.3 Å². The van der Waals surface area contributed by atoms with Gasteiger partial charge in [0, 0.05) is 6.61 Å². The van der Waals surface area contributed by atoms with Crippen LogP contribution in [-0.2, 0) is 9.59 Å². The molecule has 0 aromatic carbocycles. The number of aliphatic hydroxyl groups excluding tert-OH is 1. The smallest absolute Gasteiger partial charge is 0.414 e. The molecule has 0 rings (SSSR count). The zero-order valence-electron chi connectivity index (χ0n) is 7.43. The zero-order chi connectivity index (χ0) is 10.9. The van der Waals surface area contributed by atoms with Crippen molar-refractivity contribution in [3.05, 3.63) is 0 Å². The van der Waals surface area contributed by atoms with Crippen LogP contribution >= 0.6 is 0 Å². The number of hydrogen-bond acceptors (Lipinski definition) is 4. The van der Waals surface area contributed by atoms with Crippen LogP contribution in [0.3, 0.4) is 0 Å². The Morgan fingerprint density at radius 3 is 1.77 bits per heavy atom. The molecule has 0 bridgehead atoms. The molecule has 0 aromatic heterocycles. The predicted molar refractivity (Wildman–Crippen MR) is 45.2 cm³/mol. The van der Waals surface area contributed by atoms with Gasteiger partial charge in [-0.1, -0.05) is 6.92 Å². The third kappa shape index (κ3) is 13.8. The standard InChI is InChI=1S/C5H13NO.C2H2O4/c1-5(4-7)2-3-6;3-1(4)2(5)6/h5,7H,2-4,6H2,1H3;(H,3,4)(H,5,6). The van der Waals surface area contributed by atoms with Crippen molar-refractivity contribution in [2.24, 2.45) is 11.7 Å². The molecule has 0 saturated carbocycles. The summed E-state index contributed by atoms with van der Waals surface area (Å²) in [5.41, 5.74) is 5.19. The molecule has 0 radical (unpaired) electrons. The maximum Gasteiger partial charge on any atom is 0.414 e. The van der Waals surface area contributed by atoms with E-state index < -0.39 is 11.9 Å². The van der Waals surface area contributed by atoms with Gasteiger partial charge in [-0.25, -0.2) is 9.59 Å². The molecule has 0 heterocycles. The van der Waals surface area contributed by atoms with Crippen LogP contribution in [0.4, 0.5) is 0 Å². The van der Waals surface area contributed by atoms with Crippen molar-refractivity contribution < 1.29 is 24.9 Å². The number of nitrogens with two attached hydrogens (primary N) is 1. The SMILES string of the molecule is CC(CO)CCN.O=C(O)C(=O)O. The monoisotopic (exact) mass is 193 g/mol. The van der Waals surface area contributed by atoms with E-state index in [1.54, 1.807) is 0 Å². The summed E-state index contributed by atoms with van der Waals surface area (Å²) in [7, 11) is 0. The molecule has 0 saturated heterocycles. The van der Waals surface area contributed by atoms with Crippen LogP contribution < -0.4 is 5.73 Å². The van der Waals surface area contributed by atoms with Crippen LogP contribution in [0.15, 0.2) is 0 Å². The highest BCUT2D eigenvalue weighted by Crippen LogP contribution is 1.95. The largest absolute Gasteiger partial charge is 0.473 e. The topological polar surface area (TPSA) is 121 Å². The fraction of sp³-hybridized carbons (Fsp3) is 0.714. The van der Waals surface area contributed by atoms with Gasteiger partial charge in [0.1, 0.15) is 0 Å². The Morgan fingerprint density at radius 1 is 1.31 bits per heavy atom. The molecule has 0 aromatic rings. The first-order valence-electron chi connectivity index (χ1n) is 3.72. The van der Waals surface area contributed by atoms with Crippen LogP contribution in [0, 0.1) is 5.92 Å². The van der Waals surface area contributed by atoms with E-state index in [2.05, 4.69) is 0 Å². The average Bonchev–Trinajstić information content (AvgIpc) is 2.05. The first-order chi connectivity index (χ1) is 5.95. The third-order valence-electron chi connectivity index (χ3n) is 1.15. The normalized spacial score (nSPS) is 11.0. The molecule has 1 unspecified atom stereocenters. The number of rotatable bonds is 3. The Hall–Kier alpha value is -1.14. The summed E-state index contributed by atoms with van der Waals surface area (Å²) >= 11 is 0. The summed E-state index contributed by atoms with van der Waals surface area (Å²) in [5, 5.41) is 23.2. The number of carbonyl (C=O) groups is 2. The van der Waals surface area contributed by atoms with Crippen molar-refractivity contribution in [3.8, 4) is 0 Å². The van der Waals surface area contributed by atoms with Crippen molar-refractivity contribution in [1.29, 1.82) is 0 Å². The molecular weight excluding hydrogens is 178 g/mol. The lowest BCUT2D eigenvalue weighted by Gasteiger charge is -2.01. The molecule has 0 aliphatic rings. The third-order valence-corrected chi connectivity index (χ3v) is 1.15. The number of carboxylic acid groups (broad SMARTS) is 2. The van der Waals surface area contributed by atoms with Gasteiger partial charge in [0.05, 0.1) is 0 Å². The number of aliphatic hydroxyl groups is 1. The first kappa shape index (κ1) is 14.4. The van der Waals surface area contributed by atoms with E-state index in [0.29, 0.717) is 12.5 Å². The average molecular weight is 193 g/mol. The van der Waals surface area contributed by atoms with Gasteiger partial charge < -0.3 is 21.1 Å². The Bertz CT molecular complexity index is 147. The van der Waals surface area contributed by atoms with E-state index in [9.17, 15) is 0 Å². The van der Waals surface area contributed by atoms with Crippen molar-refractivity contribution in [1.82, 2.24) is 0 Å². The van der Waals surface area contributed by atoms with Gasteiger partial charge in [-0.05, 0) is 18.9 Å². The summed E-state index contributed by atoms with van der Waals surface area (Å²) in [6.45, 7) is 2.92. The van der Waals surface area contributed by atoms with E-state index in [-0.39, 0.29) is 6.61 Å². The second-order valence-electron chi connectivity index (χ2n) is 2.48. The second-order valence-corrected chi connectivity index (χ2v) is 2.48. The quantitative estimate of drug-likeness (QED) is 0.432. The minimum atomic E-state index is -1.82. The maximum absolute atomic E-state index is 9.10. The second kappa shape index (κ2) is 8.95. The van der Waals surface area contributed by atoms with Gasteiger partial charge in [0.25, 0.3) is 0 Å². The molecule has 78 valence electrons. The first-order valence-corrected chi connectivity index (χ1v) is 3.72. The Labute approximate surface area is 76.0 Å². The molecular formula is C7H15NO5. The highest BCUT2D eigenvalue weighted by atomic mass is 16.4. The number of hydrogen-bond donors (Lipinski definition) is 4. The van der Waals surface area contributed by atoms with E-state index in [0.717, 1.165) is 6.42 Å². The molecule has 0 spiro atoms. The van der Waals surface area contributed by atoms with E-state index in [1.807, 2.05) is 6.92 Å². The van der Waals surface area contributed by atoms with Gasteiger partial charge in [-0.2, -0.15) is 0 Å². The van der Waals surface area contributed by atoms with Crippen LogP contribution in [0.2, 0.25) is 0 Å². The lowest BCUT2D eigenvalue weighted by molar-refractivity contribution is -0.159. The van der Waals surface area contributed by atoms with Gasteiger partial charge in [0.2, 0.25) is 0 Å². The fourth-order valence-corrected chi connectivity index (χ4v) is 0.376. The van der Waals surface area contributed by atoms with Crippen LogP contribution in [0.25, 0.3) is 0 Å². The molecule has 5 N–H and O–H groups in total. The molecule has 0 amide bonds. The van der Waals surface area contributed by atoms with Gasteiger partial charge in [-0.15, -0.1) is 0 Å². The summed E-state index contributed by atoms with van der Waals surface area (Å²) in [5.74, 6) is -3.27. The minimum Gasteiger partial charge on any atom is -0.473 e. The van der Waals surface area contributed by atoms with Gasteiger partial charge >= 0.3 is 11.9 Å². The van der Waals surface area contributed by atoms with Crippen molar-refractivity contribution >= 4 is 11.9 Å². The lowest BCUT2D eigenvalue weighted by Crippen LogP contribution is -2.09. The van der Waals surface area contributed by atoms with Crippen LogP contribution in [0.1, 0.15) is 13.3 Å². The minimum absolute atomic E-state index is 0.261. The lowest BCUT2D eigenvalue weighted by atomic mass is 10.1. The molecule has 6 heteroatoms. The molecule has 0 fully saturated rings. The molecule has 0 aliphatic heterocycles. The van der Waals surface area contributed by atoms with E-state index in [1.165, 1.54) is 0 Å². The molecule has 6 nitrogen and oxygen atoms in total. The van der Waals surface area contributed by atoms with E-state index >= 15 is 0 Å². The van der Waals surface area contributed by atoms with E-state index in [4.69, 9.17) is 30.6 Å². The van der Waals surface area contributed by atoms with Gasteiger partial charge in [0.15, 0.2) is 0 Å². The predicted octanol–water partition coefficient (Wildman–Crippen LogP) is -0.881.